The van der Waals surface area contributed by atoms with E-state index in [2.05, 4.69) is 159 Å². The first-order chi connectivity index (χ1) is 23.9. The number of benzene rings is 4. The summed E-state index contributed by atoms with van der Waals surface area (Å²) in [5.41, 5.74) is 7.32. The van der Waals surface area contributed by atoms with Gasteiger partial charge in [0.15, 0.2) is 5.71 Å². The highest BCUT2D eigenvalue weighted by Crippen LogP contribution is 2.51. The molecular weight excluding hydrogens is 637 g/mol. The van der Waals surface area contributed by atoms with Crippen molar-refractivity contribution in [2.24, 2.45) is 0 Å². The van der Waals surface area contributed by atoms with Gasteiger partial charge in [-0.05, 0) is 78.4 Å². The SMILES string of the molecule is CCCCC[N+]1=C(C=CC=CC=CC=C2N(CCCCS(=O)(=O)O)c3ccc4ccccc4c3C2(C)C)C(C)(C)c2c1ccc1ccccc21. The molecule has 0 amide bonds. The quantitative estimate of drug-likeness (QED) is 0.0658. The fourth-order valence-electron chi connectivity index (χ4n) is 8.11. The first-order valence-corrected chi connectivity index (χ1v) is 19.7. The molecule has 4 aromatic carbocycles. The van der Waals surface area contributed by atoms with Crippen molar-refractivity contribution in [3.8, 4) is 0 Å². The predicted molar refractivity (Wildman–Crippen MR) is 212 cm³/mol. The van der Waals surface area contributed by atoms with E-state index < -0.39 is 10.1 Å². The fraction of sp³-hybridized carbons (Fsp3) is 0.341. The summed E-state index contributed by atoms with van der Waals surface area (Å²) in [5.74, 6) is -0.221. The zero-order chi connectivity index (χ0) is 35.5. The Bertz CT molecular complexity index is 2170. The van der Waals surface area contributed by atoms with Crippen LogP contribution in [0, 0.1) is 0 Å². The van der Waals surface area contributed by atoms with Crippen molar-refractivity contribution in [1.82, 2.24) is 0 Å². The minimum Gasteiger partial charge on any atom is -0.344 e. The lowest BCUT2D eigenvalue weighted by molar-refractivity contribution is -0.438. The third-order valence-corrected chi connectivity index (χ3v) is 11.3. The van der Waals surface area contributed by atoms with Crippen LogP contribution in [0.5, 0.6) is 0 Å². The van der Waals surface area contributed by atoms with Crippen LogP contribution in [0.1, 0.15) is 77.8 Å². The first kappa shape index (κ1) is 35.6. The topological polar surface area (TPSA) is 60.6 Å². The monoisotopic (exact) mass is 687 g/mol. The van der Waals surface area contributed by atoms with Crippen LogP contribution in [0.2, 0.25) is 0 Å². The number of hydrogen-bond donors (Lipinski definition) is 1. The molecule has 0 aliphatic carbocycles. The van der Waals surface area contributed by atoms with Crippen molar-refractivity contribution >= 4 is 48.7 Å². The normalized spacial score (nSPS) is 17.8. The molecule has 260 valence electrons. The fourth-order valence-corrected chi connectivity index (χ4v) is 8.68. The lowest BCUT2D eigenvalue weighted by Gasteiger charge is -2.27. The predicted octanol–water partition coefficient (Wildman–Crippen LogP) is 10.6. The molecule has 0 unspecified atom stereocenters. The van der Waals surface area contributed by atoms with E-state index in [1.54, 1.807) is 0 Å². The van der Waals surface area contributed by atoms with Gasteiger partial charge in [0.2, 0.25) is 5.69 Å². The van der Waals surface area contributed by atoms with Crippen LogP contribution >= 0.6 is 0 Å². The van der Waals surface area contributed by atoms with Gasteiger partial charge in [-0.25, -0.2) is 0 Å². The molecule has 0 atom stereocenters. The summed E-state index contributed by atoms with van der Waals surface area (Å²) in [6.07, 6.45) is 19.7. The van der Waals surface area contributed by atoms with Crippen molar-refractivity contribution in [1.29, 1.82) is 0 Å². The Balaban J connectivity index is 1.25. The second-order valence-corrected chi connectivity index (χ2v) is 16.3. The summed E-state index contributed by atoms with van der Waals surface area (Å²) in [6, 6.07) is 26.2. The molecule has 4 aromatic rings. The molecule has 5 nitrogen and oxygen atoms in total. The Morgan fingerprint density at radius 3 is 2.06 bits per heavy atom. The third-order valence-electron chi connectivity index (χ3n) is 10.5. The van der Waals surface area contributed by atoms with Crippen molar-refractivity contribution < 1.29 is 17.5 Å². The van der Waals surface area contributed by atoms with Crippen LogP contribution in [0.15, 0.2) is 121 Å². The Morgan fingerprint density at radius 2 is 1.36 bits per heavy atom. The molecular formula is C44H51N2O3S+. The van der Waals surface area contributed by atoms with Gasteiger partial charge in [0, 0.05) is 47.5 Å². The summed E-state index contributed by atoms with van der Waals surface area (Å²) in [7, 11) is -3.98. The van der Waals surface area contributed by atoms with Gasteiger partial charge in [-0.1, -0.05) is 112 Å². The second-order valence-electron chi connectivity index (χ2n) is 14.7. The molecule has 0 saturated carbocycles. The number of unbranched alkanes of at least 4 members (excludes halogenated alkanes) is 3. The van der Waals surface area contributed by atoms with Gasteiger partial charge in [-0.15, -0.1) is 0 Å². The summed E-state index contributed by atoms with van der Waals surface area (Å²) in [5, 5.41) is 5.07. The van der Waals surface area contributed by atoms with Crippen LogP contribution in [-0.2, 0) is 20.9 Å². The van der Waals surface area contributed by atoms with Crippen LogP contribution < -0.4 is 4.90 Å². The Labute approximate surface area is 298 Å². The number of rotatable bonds is 13. The van der Waals surface area contributed by atoms with Crippen LogP contribution in [0.3, 0.4) is 0 Å². The zero-order valence-electron chi connectivity index (χ0n) is 30.2. The zero-order valence-corrected chi connectivity index (χ0v) is 31.0. The van der Waals surface area contributed by atoms with Gasteiger partial charge in [0.05, 0.1) is 11.2 Å². The van der Waals surface area contributed by atoms with Gasteiger partial charge < -0.3 is 4.90 Å². The average molecular weight is 688 g/mol. The van der Waals surface area contributed by atoms with E-state index in [1.165, 1.54) is 62.6 Å². The largest absolute Gasteiger partial charge is 0.344 e. The van der Waals surface area contributed by atoms with Gasteiger partial charge in [-0.2, -0.15) is 13.0 Å². The molecule has 0 radical (unpaired) electrons. The Kier molecular flexibility index (Phi) is 10.3. The Morgan fingerprint density at radius 1 is 0.720 bits per heavy atom. The molecule has 1 N–H and O–H groups in total. The summed E-state index contributed by atoms with van der Waals surface area (Å²) in [4.78, 5) is 2.33. The summed E-state index contributed by atoms with van der Waals surface area (Å²) >= 11 is 0. The molecule has 2 heterocycles. The van der Waals surface area contributed by atoms with Gasteiger partial charge in [0.1, 0.15) is 6.54 Å². The standard InChI is InChI=1S/C44H50N2O3S/c1-6-7-17-30-45-37-28-26-33-20-13-15-22-35(33)41(37)43(2,3)39(45)24-11-9-8-10-12-25-40-44(4,5)42-36-23-16-14-21-34(36)27-29-38(42)46(40)31-18-19-32-50(47,48)49/h8-16,20-29H,6-7,17-19,30-32H2,1-5H3/p+1. The summed E-state index contributed by atoms with van der Waals surface area (Å²) < 4.78 is 34.6. The van der Waals surface area contributed by atoms with Gasteiger partial charge in [-0.3, -0.25) is 4.55 Å². The number of nitrogens with zero attached hydrogens (tertiary/aromatic N) is 2. The molecule has 0 fully saturated rings. The highest BCUT2D eigenvalue weighted by Gasteiger charge is 2.45. The lowest BCUT2D eigenvalue weighted by atomic mass is 9.79. The highest BCUT2D eigenvalue weighted by atomic mass is 32.2. The number of allylic oxidation sites excluding steroid dienone is 8. The van der Waals surface area contributed by atoms with Crippen molar-refractivity contribution in [2.45, 2.75) is 77.6 Å². The van der Waals surface area contributed by atoms with Crippen molar-refractivity contribution in [3.05, 3.63) is 132 Å². The van der Waals surface area contributed by atoms with Crippen LogP contribution in [0.4, 0.5) is 11.4 Å². The molecule has 2 aliphatic heterocycles. The number of anilines is 1. The smallest absolute Gasteiger partial charge is 0.264 e. The van der Waals surface area contributed by atoms with E-state index in [1.807, 2.05) is 0 Å². The van der Waals surface area contributed by atoms with Crippen LogP contribution in [-0.4, -0.2) is 42.1 Å². The molecule has 0 bridgehead atoms. The third kappa shape index (κ3) is 7.01. The maximum absolute atomic E-state index is 11.4. The molecule has 0 aromatic heterocycles. The number of hydrogen-bond acceptors (Lipinski definition) is 3. The molecule has 6 heteroatoms. The molecule has 2 aliphatic rings. The molecule has 0 spiro atoms. The maximum atomic E-state index is 11.4. The van der Waals surface area contributed by atoms with Crippen molar-refractivity contribution in [2.75, 3.05) is 23.7 Å². The van der Waals surface area contributed by atoms with E-state index in [0.29, 0.717) is 19.4 Å². The molecule has 50 heavy (non-hydrogen) atoms. The number of fused-ring (bicyclic) bond motifs is 6. The molecule has 0 saturated heterocycles. The first-order valence-electron chi connectivity index (χ1n) is 18.1. The Hall–Kier alpha value is -4.26. The lowest BCUT2D eigenvalue weighted by Crippen LogP contribution is -2.28. The molecule has 6 rings (SSSR count). The summed E-state index contributed by atoms with van der Waals surface area (Å²) in [6.45, 7) is 13.2. The van der Waals surface area contributed by atoms with E-state index >= 15 is 0 Å². The minimum atomic E-state index is -3.98. The minimum absolute atomic E-state index is 0.120. The average Bonchev–Trinajstić information content (AvgIpc) is 3.44. The van der Waals surface area contributed by atoms with Gasteiger partial charge in [0.25, 0.3) is 10.1 Å². The second kappa shape index (κ2) is 14.5. The van der Waals surface area contributed by atoms with Crippen molar-refractivity contribution in [3.63, 3.8) is 0 Å². The van der Waals surface area contributed by atoms with E-state index in [0.717, 1.165) is 18.7 Å². The maximum Gasteiger partial charge on any atom is 0.264 e. The van der Waals surface area contributed by atoms with E-state index in [4.69, 9.17) is 0 Å². The highest BCUT2D eigenvalue weighted by molar-refractivity contribution is 7.85. The van der Waals surface area contributed by atoms with Crippen LogP contribution in [0.25, 0.3) is 21.5 Å². The van der Waals surface area contributed by atoms with Gasteiger partial charge >= 0.3 is 0 Å². The van der Waals surface area contributed by atoms with E-state index in [-0.39, 0.29) is 16.6 Å². The van der Waals surface area contributed by atoms with E-state index in [9.17, 15) is 13.0 Å².